The second-order valence-electron chi connectivity index (χ2n) is 4.75. The second-order valence-corrected chi connectivity index (χ2v) is 5.19. The molecule has 1 N–H and O–H groups in total. The lowest BCUT2D eigenvalue weighted by Crippen LogP contribution is -2.27. The predicted molar refractivity (Wildman–Crippen MR) is 84.6 cm³/mol. The molecular formula is C17H18ClNO2. The number of carbonyl (C=O) groups excluding carboxylic acids is 1. The number of hydrogen-bond acceptors (Lipinski definition) is 2. The number of benzene rings is 2. The molecule has 1 atom stereocenters. The van der Waals surface area contributed by atoms with Crippen molar-refractivity contribution in [2.24, 2.45) is 0 Å². The molecule has 21 heavy (non-hydrogen) atoms. The maximum Gasteiger partial charge on any atom is 0.223 e. The van der Waals surface area contributed by atoms with Gasteiger partial charge in [-0.2, -0.15) is 0 Å². The van der Waals surface area contributed by atoms with Crippen LogP contribution in [0, 0.1) is 0 Å². The summed E-state index contributed by atoms with van der Waals surface area (Å²) in [6, 6.07) is 16.9. The Labute approximate surface area is 129 Å². The van der Waals surface area contributed by atoms with Gasteiger partial charge in [0.15, 0.2) is 0 Å². The summed E-state index contributed by atoms with van der Waals surface area (Å²) in [6.45, 7) is 2.31. The molecule has 110 valence electrons. The van der Waals surface area contributed by atoms with Gasteiger partial charge in [-0.3, -0.25) is 4.79 Å². The van der Waals surface area contributed by atoms with Crippen LogP contribution in [0.4, 0.5) is 0 Å². The molecule has 3 nitrogen and oxygen atoms in total. The average Bonchev–Trinajstić information content (AvgIpc) is 2.50. The first-order valence-corrected chi connectivity index (χ1v) is 7.25. The van der Waals surface area contributed by atoms with Crippen LogP contribution >= 0.6 is 11.6 Å². The number of nitrogens with one attached hydrogen (secondary N) is 1. The van der Waals surface area contributed by atoms with Crippen LogP contribution in [-0.4, -0.2) is 12.5 Å². The van der Waals surface area contributed by atoms with Crippen LogP contribution in [0.2, 0.25) is 5.02 Å². The van der Waals surface area contributed by atoms with Crippen molar-refractivity contribution < 1.29 is 9.53 Å². The van der Waals surface area contributed by atoms with Crippen LogP contribution in [0.3, 0.4) is 0 Å². The molecule has 0 saturated heterocycles. The molecule has 0 saturated carbocycles. The minimum atomic E-state index is -0.0275. The third-order valence-electron chi connectivity index (χ3n) is 3.09. The van der Waals surface area contributed by atoms with E-state index in [4.69, 9.17) is 16.3 Å². The summed E-state index contributed by atoms with van der Waals surface area (Å²) in [7, 11) is 0. The highest BCUT2D eigenvalue weighted by Crippen LogP contribution is 2.16. The molecular weight excluding hydrogens is 286 g/mol. The molecule has 1 amide bonds. The van der Waals surface area contributed by atoms with Crippen molar-refractivity contribution in [3.8, 4) is 5.75 Å². The van der Waals surface area contributed by atoms with Gasteiger partial charge < -0.3 is 10.1 Å². The molecule has 0 fully saturated rings. The highest BCUT2D eigenvalue weighted by atomic mass is 35.5. The third kappa shape index (κ3) is 5.12. The van der Waals surface area contributed by atoms with Crippen molar-refractivity contribution in [2.75, 3.05) is 6.61 Å². The van der Waals surface area contributed by atoms with Crippen LogP contribution in [0.25, 0.3) is 0 Å². The first-order valence-electron chi connectivity index (χ1n) is 6.88. The van der Waals surface area contributed by atoms with E-state index >= 15 is 0 Å². The van der Waals surface area contributed by atoms with Gasteiger partial charge in [-0.15, -0.1) is 0 Å². The van der Waals surface area contributed by atoms with Crippen molar-refractivity contribution in [3.63, 3.8) is 0 Å². The summed E-state index contributed by atoms with van der Waals surface area (Å²) in [5.74, 6) is 0.684. The van der Waals surface area contributed by atoms with Crippen LogP contribution in [0.5, 0.6) is 5.75 Å². The Morgan fingerprint density at radius 3 is 2.48 bits per heavy atom. The second kappa shape index (κ2) is 7.70. The van der Waals surface area contributed by atoms with E-state index in [1.807, 2.05) is 37.3 Å². The quantitative estimate of drug-likeness (QED) is 0.876. The molecule has 0 aliphatic rings. The van der Waals surface area contributed by atoms with Crippen LogP contribution in [-0.2, 0) is 4.79 Å². The van der Waals surface area contributed by atoms with Gasteiger partial charge >= 0.3 is 0 Å². The molecule has 2 aromatic rings. The minimum Gasteiger partial charge on any atom is -0.493 e. The maximum absolute atomic E-state index is 11.9. The largest absolute Gasteiger partial charge is 0.493 e. The number of halogens is 1. The van der Waals surface area contributed by atoms with E-state index in [9.17, 15) is 4.79 Å². The standard InChI is InChI=1S/C17H18ClNO2/c1-13(14-5-3-2-4-6-14)19-17(20)11-12-21-16-9-7-15(18)8-10-16/h2-10,13H,11-12H2,1H3,(H,19,20). The van der Waals surface area contributed by atoms with Gasteiger partial charge in [-0.25, -0.2) is 0 Å². The van der Waals surface area contributed by atoms with Crippen LogP contribution < -0.4 is 10.1 Å². The van der Waals surface area contributed by atoms with E-state index in [-0.39, 0.29) is 11.9 Å². The first-order chi connectivity index (χ1) is 10.1. The van der Waals surface area contributed by atoms with E-state index in [2.05, 4.69) is 5.32 Å². The number of rotatable bonds is 6. The molecule has 0 heterocycles. The lowest BCUT2D eigenvalue weighted by molar-refractivity contribution is -0.122. The van der Waals surface area contributed by atoms with Gasteiger partial charge in [-0.05, 0) is 36.8 Å². The fourth-order valence-electron chi connectivity index (χ4n) is 1.93. The highest BCUT2D eigenvalue weighted by molar-refractivity contribution is 6.30. The Hall–Kier alpha value is -2.00. The molecule has 0 radical (unpaired) electrons. The zero-order chi connectivity index (χ0) is 15.1. The Balaban J connectivity index is 1.73. The SMILES string of the molecule is CC(NC(=O)CCOc1ccc(Cl)cc1)c1ccccc1. The molecule has 1 unspecified atom stereocenters. The zero-order valence-corrected chi connectivity index (χ0v) is 12.6. The van der Waals surface area contributed by atoms with Crippen LogP contribution in [0.1, 0.15) is 24.9 Å². The van der Waals surface area contributed by atoms with Crippen molar-refractivity contribution in [1.29, 1.82) is 0 Å². The van der Waals surface area contributed by atoms with Gasteiger partial charge in [0.2, 0.25) is 5.91 Å². The summed E-state index contributed by atoms with van der Waals surface area (Å²) >= 11 is 5.79. The smallest absolute Gasteiger partial charge is 0.223 e. The summed E-state index contributed by atoms with van der Waals surface area (Å²) in [5, 5.41) is 3.62. The predicted octanol–water partition coefficient (Wildman–Crippen LogP) is 3.99. The molecule has 0 aliphatic heterocycles. The summed E-state index contributed by atoms with van der Waals surface area (Å²) < 4.78 is 5.50. The van der Waals surface area contributed by atoms with Crippen LogP contribution in [0.15, 0.2) is 54.6 Å². The summed E-state index contributed by atoms with van der Waals surface area (Å²) in [4.78, 5) is 11.9. The van der Waals surface area contributed by atoms with Gasteiger partial charge in [-0.1, -0.05) is 41.9 Å². The Kier molecular flexibility index (Phi) is 5.64. The molecule has 0 aromatic heterocycles. The molecule has 2 rings (SSSR count). The number of carbonyl (C=O) groups is 1. The molecule has 2 aromatic carbocycles. The fraction of sp³-hybridized carbons (Fsp3) is 0.235. The molecule has 0 spiro atoms. The number of ether oxygens (including phenoxy) is 1. The average molecular weight is 304 g/mol. The monoisotopic (exact) mass is 303 g/mol. The Bertz CT molecular complexity index is 569. The van der Waals surface area contributed by atoms with Gasteiger partial charge in [0.25, 0.3) is 0 Å². The maximum atomic E-state index is 11.9. The van der Waals surface area contributed by atoms with E-state index in [1.54, 1.807) is 24.3 Å². The van der Waals surface area contributed by atoms with Gasteiger partial charge in [0, 0.05) is 5.02 Å². The topological polar surface area (TPSA) is 38.3 Å². The third-order valence-corrected chi connectivity index (χ3v) is 3.34. The molecule has 0 aliphatic carbocycles. The summed E-state index contributed by atoms with van der Waals surface area (Å²) in [5.41, 5.74) is 1.09. The zero-order valence-electron chi connectivity index (χ0n) is 11.9. The first kappa shape index (κ1) is 15.4. The fourth-order valence-corrected chi connectivity index (χ4v) is 2.06. The van der Waals surface area contributed by atoms with Gasteiger partial charge in [0.05, 0.1) is 19.1 Å². The van der Waals surface area contributed by atoms with Crippen molar-refractivity contribution >= 4 is 17.5 Å². The van der Waals surface area contributed by atoms with E-state index in [1.165, 1.54) is 0 Å². The lowest BCUT2D eigenvalue weighted by Gasteiger charge is -2.14. The van der Waals surface area contributed by atoms with Crippen molar-refractivity contribution in [3.05, 3.63) is 65.2 Å². The number of amides is 1. The number of hydrogen-bond donors (Lipinski definition) is 1. The molecule has 0 bridgehead atoms. The lowest BCUT2D eigenvalue weighted by atomic mass is 10.1. The van der Waals surface area contributed by atoms with E-state index < -0.39 is 0 Å². The minimum absolute atomic E-state index is 0.00534. The van der Waals surface area contributed by atoms with E-state index in [0.29, 0.717) is 23.8 Å². The van der Waals surface area contributed by atoms with E-state index in [0.717, 1.165) is 5.56 Å². The van der Waals surface area contributed by atoms with Crippen molar-refractivity contribution in [2.45, 2.75) is 19.4 Å². The Morgan fingerprint density at radius 1 is 1.14 bits per heavy atom. The Morgan fingerprint density at radius 2 is 1.81 bits per heavy atom. The molecule has 4 heteroatoms. The van der Waals surface area contributed by atoms with Gasteiger partial charge in [0.1, 0.15) is 5.75 Å². The highest BCUT2D eigenvalue weighted by Gasteiger charge is 2.09. The van der Waals surface area contributed by atoms with Crippen molar-refractivity contribution in [1.82, 2.24) is 5.32 Å². The summed E-state index contributed by atoms with van der Waals surface area (Å²) in [6.07, 6.45) is 0.319. The normalized spacial score (nSPS) is 11.7.